The van der Waals surface area contributed by atoms with Crippen LogP contribution in [0.25, 0.3) is 0 Å². The Balaban J connectivity index is 1.71. The van der Waals surface area contributed by atoms with Crippen molar-refractivity contribution in [2.45, 2.75) is 90.6 Å². The Labute approximate surface area is 179 Å². The van der Waals surface area contributed by atoms with E-state index in [1.54, 1.807) is 0 Å². The highest BCUT2D eigenvalue weighted by Crippen LogP contribution is 2.67. The van der Waals surface area contributed by atoms with Crippen LogP contribution in [0.5, 0.6) is 0 Å². The third-order valence-electron chi connectivity index (χ3n) is 9.30. The molecule has 0 saturated heterocycles. The van der Waals surface area contributed by atoms with E-state index in [-0.39, 0.29) is 23.1 Å². The second kappa shape index (κ2) is 7.58. The van der Waals surface area contributed by atoms with Gasteiger partial charge in [-0.1, -0.05) is 32.4 Å². The van der Waals surface area contributed by atoms with Gasteiger partial charge in [0.1, 0.15) is 12.4 Å². The van der Waals surface area contributed by atoms with Crippen molar-refractivity contribution in [2.75, 3.05) is 6.61 Å². The van der Waals surface area contributed by atoms with Crippen LogP contribution in [0, 0.1) is 28.6 Å². The normalized spacial score (nSPS) is 42.6. The highest BCUT2D eigenvalue weighted by molar-refractivity contribution is 5.92. The fraction of sp³-hybridized carbons (Fsp3) is 0.800. The van der Waals surface area contributed by atoms with Gasteiger partial charge in [0.25, 0.3) is 0 Å². The molecule has 0 radical (unpaired) electrons. The molecule has 0 aliphatic heterocycles. The van der Waals surface area contributed by atoms with Crippen LogP contribution in [0.15, 0.2) is 11.6 Å². The van der Waals surface area contributed by atoms with E-state index in [9.17, 15) is 19.5 Å². The van der Waals surface area contributed by atoms with Crippen LogP contribution in [0.2, 0.25) is 0 Å². The highest BCUT2D eigenvalue weighted by Gasteiger charge is 2.67. The first-order chi connectivity index (χ1) is 14.2. The van der Waals surface area contributed by atoms with Crippen molar-refractivity contribution >= 4 is 17.5 Å². The molecule has 0 amide bonds. The van der Waals surface area contributed by atoms with E-state index in [0.717, 1.165) is 25.7 Å². The van der Waals surface area contributed by atoms with Crippen LogP contribution in [0.1, 0.15) is 85.0 Å². The molecular formula is C25H36O5. The third kappa shape index (κ3) is 2.95. The second-order valence-electron chi connectivity index (χ2n) is 10.6. The first kappa shape index (κ1) is 21.7. The maximum absolute atomic E-state index is 13.0. The largest absolute Gasteiger partial charge is 0.450 e. The Kier molecular flexibility index (Phi) is 5.49. The zero-order chi connectivity index (χ0) is 21.7. The maximum atomic E-state index is 13.0. The molecule has 0 bridgehead atoms. The number of fused-ring (bicyclic) bond motifs is 5. The van der Waals surface area contributed by atoms with E-state index in [1.807, 2.05) is 6.92 Å². The summed E-state index contributed by atoms with van der Waals surface area (Å²) < 4.78 is 5.97. The minimum absolute atomic E-state index is 0.0727. The molecule has 1 N–H and O–H groups in total. The Morgan fingerprint density at radius 1 is 1.20 bits per heavy atom. The Bertz CT molecular complexity index is 784. The number of aliphatic hydroxyl groups is 1. The topological polar surface area (TPSA) is 80.7 Å². The molecular weight excluding hydrogens is 380 g/mol. The second-order valence-corrected chi connectivity index (χ2v) is 10.6. The van der Waals surface area contributed by atoms with Gasteiger partial charge in [0, 0.05) is 24.7 Å². The van der Waals surface area contributed by atoms with Crippen molar-refractivity contribution in [1.82, 2.24) is 0 Å². The smallest absolute Gasteiger partial charge is 0.306 e. The fourth-order valence-corrected chi connectivity index (χ4v) is 7.57. The molecule has 5 heteroatoms. The van der Waals surface area contributed by atoms with Gasteiger partial charge in [-0.25, -0.2) is 0 Å². The fourth-order valence-electron chi connectivity index (χ4n) is 7.57. The molecule has 4 rings (SSSR count). The van der Waals surface area contributed by atoms with E-state index in [0.29, 0.717) is 56.1 Å². The van der Waals surface area contributed by atoms with Crippen molar-refractivity contribution < 1.29 is 24.2 Å². The molecule has 3 saturated carbocycles. The number of esters is 1. The predicted octanol–water partition coefficient (Wildman–Crippen LogP) is 4.16. The van der Waals surface area contributed by atoms with E-state index in [1.165, 1.54) is 5.57 Å². The average Bonchev–Trinajstić information content (AvgIpc) is 3.01. The van der Waals surface area contributed by atoms with Gasteiger partial charge in [-0.3, -0.25) is 14.4 Å². The quantitative estimate of drug-likeness (QED) is 0.538. The van der Waals surface area contributed by atoms with Crippen molar-refractivity contribution in [3.63, 3.8) is 0 Å². The van der Waals surface area contributed by atoms with Gasteiger partial charge in [0.2, 0.25) is 5.78 Å². The summed E-state index contributed by atoms with van der Waals surface area (Å²) in [6.07, 6.45) is 9.68. The van der Waals surface area contributed by atoms with Crippen molar-refractivity contribution in [3.8, 4) is 0 Å². The van der Waals surface area contributed by atoms with Crippen molar-refractivity contribution in [2.24, 2.45) is 28.6 Å². The summed E-state index contributed by atoms with van der Waals surface area (Å²) in [5.41, 5.74) is -0.150. The monoisotopic (exact) mass is 416 g/mol. The molecule has 4 aliphatic rings. The summed E-state index contributed by atoms with van der Waals surface area (Å²) in [7, 11) is 0. The van der Waals surface area contributed by atoms with Gasteiger partial charge < -0.3 is 9.84 Å². The predicted molar refractivity (Wildman–Crippen MR) is 113 cm³/mol. The molecule has 0 heterocycles. The SMILES string of the molecule is CCCC(=O)O[C@]1(C(=O)CO)CC[C@H]2[C@@H]3CC[C@H]4CC(=O)CC[C@]4(C)C3=CC[C@@]21C. The van der Waals surface area contributed by atoms with Crippen LogP contribution < -0.4 is 0 Å². The first-order valence-electron chi connectivity index (χ1n) is 11.8. The number of hydrogen-bond acceptors (Lipinski definition) is 5. The minimum atomic E-state index is -1.22. The lowest BCUT2D eigenvalue weighted by atomic mass is 9.48. The zero-order valence-electron chi connectivity index (χ0n) is 18.7. The summed E-state index contributed by atoms with van der Waals surface area (Å²) in [6.45, 7) is 5.77. The zero-order valence-corrected chi connectivity index (χ0v) is 18.7. The maximum Gasteiger partial charge on any atom is 0.306 e. The minimum Gasteiger partial charge on any atom is -0.450 e. The van der Waals surface area contributed by atoms with Crippen LogP contribution >= 0.6 is 0 Å². The Morgan fingerprint density at radius 3 is 2.67 bits per heavy atom. The number of carbonyl (C=O) groups is 3. The van der Waals surface area contributed by atoms with Gasteiger partial charge in [0.05, 0.1) is 0 Å². The van der Waals surface area contributed by atoms with Crippen molar-refractivity contribution in [1.29, 1.82) is 0 Å². The molecule has 5 nitrogen and oxygen atoms in total. The van der Waals surface area contributed by atoms with Crippen LogP contribution in [0.3, 0.4) is 0 Å². The van der Waals surface area contributed by atoms with Crippen LogP contribution in [-0.4, -0.2) is 34.9 Å². The van der Waals surface area contributed by atoms with E-state index >= 15 is 0 Å². The number of ether oxygens (including phenoxy) is 1. The lowest BCUT2D eigenvalue weighted by Gasteiger charge is -2.56. The Morgan fingerprint density at radius 2 is 1.97 bits per heavy atom. The molecule has 6 atom stereocenters. The molecule has 0 aromatic carbocycles. The summed E-state index contributed by atoms with van der Waals surface area (Å²) in [5, 5.41) is 9.77. The van der Waals surface area contributed by atoms with Crippen molar-refractivity contribution in [3.05, 3.63) is 11.6 Å². The van der Waals surface area contributed by atoms with Crippen LogP contribution in [-0.2, 0) is 19.1 Å². The van der Waals surface area contributed by atoms with Gasteiger partial charge in [-0.15, -0.1) is 0 Å². The van der Waals surface area contributed by atoms with Gasteiger partial charge in [0.15, 0.2) is 5.60 Å². The van der Waals surface area contributed by atoms with E-state index in [2.05, 4.69) is 19.9 Å². The van der Waals surface area contributed by atoms with Gasteiger partial charge >= 0.3 is 5.97 Å². The number of Topliss-reactive ketones (excluding diaryl/α,β-unsaturated/α-hetero) is 2. The summed E-state index contributed by atoms with van der Waals surface area (Å²) in [6, 6.07) is 0. The Hall–Kier alpha value is -1.49. The average molecular weight is 417 g/mol. The van der Waals surface area contributed by atoms with Gasteiger partial charge in [-0.05, 0) is 68.1 Å². The molecule has 0 unspecified atom stereocenters. The molecule has 30 heavy (non-hydrogen) atoms. The molecule has 0 spiro atoms. The molecule has 0 aromatic heterocycles. The molecule has 166 valence electrons. The number of rotatable bonds is 5. The third-order valence-corrected chi connectivity index (χ3v) is 9.30. The summed E-state index contributed by atoms with van der Waals surface area (Å²) in [5.74, 6) is 0.773. The number of hydrogen-bond donors (Lipinski definition) is 1. The summed E-state index contributed by atoms with van der Waals surface area (Å²) in [4.78, 5) is 37.6. The first-order valence-corrected chi connectivity index (χ1v) is 11.8. The number of allylic oxidation sites excluding steroid dienone is 2. The van der Waals surface area contributed by atoms with E-state index < -0.39 is 17.6 Å². The molecule has 0 aromatic rings. The molecule has 4 aliphatic carbocycles. The van der Waals surface area contributed by atoms with E-state index in [4.69, 9.17) is 4.74 Å². The molecule has 3 fully saturated rings. The number of ketones is 2. The number of aliphatic hydroxyl groups excluding tert-OH is 1. The van der Waals surface area contributed by atoms with Crippen LogP contribution in [0.4, 0.5) is 0 Å². The van der Waals surface area contributed by atoms with Gasteiger partial charge in [-0.2, -0.15) is 0 Å². The summed E-state index contributed by atoms with van der Waals surface area (Å²) >= 11 is 0. The highest BCUT2D eigenvalue weighted by atomic mass is 16.6. The number of carbonyl (C=O) groups excluding carboxylic acids is 3. The lowest BCUT2D eigenvalue weighted by Crippen LogP contribution is -2.58. The lowest BCUT2D eigenvalue weighted by molar-refractivity contribution is -0.185. The standard InChI is InChI=1S/C25H36O5/c1-4-5-22(29)30-25(21(28)15-26)13-10-20-18-7-6-16-14-17(27)8-11-23(16,2)19(18)9-12-24(20,25)3/h9,16,18,20,26H,4-8,10-15H2,1-3H3/t16-,18+,20-,23-,24-,25-/m0/s1.